The summed E-state index contributed by atoms with van der Waals surface area (Å²) in [5.41, 5.74) is 3.76. The molecule has 0 heterocycles. The van der Waals surface area contributed by atoms with Gasteiger partial charge in [0.15, 0.2) is 0 Å². The van der Waals surface area contributed by atoms with Crippen LogP contribution in [0.4, 0.5) is 0 Å². The van der Waals surface area contributed by atoms with Gasteiger partial charge in [0.05, 0.1) is 6.04 Å². The Bertz CT molecular complexity index is 589. The number of aryl methyl sites for hydroxylation is 1. The normalized spacial score (nSPS) is 12.8. The largest absolute Gasteiger partial charge is 0.294 e. The van der Waals surface area contributed by atoms with Gasteiger partial charge in [-0.3, -0.25) is 4.99 Å². The average Bonchev–Trinajstić information content (AvgIpc) is 2.41. The molecule has 0 aliphatic rings. The highest BCUT2D eigenvalue weighted by Crippen LogP contribution is 2.17. The zero-order chi connectivity index (χ0) is 14.4. The molecular formula is C18H20ClN. The molecular weight excluding hydrogens is 266 g/mol. The molecule has 0 aliphatic carbocycles. The quantitative estimate of drug-likeness (QED) is 0.693. The maximum Gasteiger partial charge on any atom is 0.0508 e. The summed E-state index contributed by atoms with van der Waals surface area (Å²) < 4.78 is 0. The first-order valence-electron chi connectivity index (χ1n) is 6.96. The van der Waals surface area contributed by atoms with Gasteiger partial charge in [0.2, 0.25) is 0 Å². The smallest absolute Gasteiger partial charge is 0.0508 e. The number of hydrogen-bond donors (Lipinski definition) is 0. The molecule has 0 amide bonds. The van der Waals surface area contributed by atoms with Crippen molar-refractivity contribution >= 4 is 17.8 Å². The Balaban J connectivity index is 1.90. The fourth-order valence-electron chi connectivity index (χ4n) is 2.21. The summed E-state index contributed by atoms with van der Waals surface area (Å²) in [4.78, 5) is 4.60. The fourth-order valence-corrected chi connectivity index (χ4v) is 2.42. The third-order valence-electron chi connectivity index (χ3n) is 3.24. The van der Waals surface area contributed by atoms with Gasteiger partial charge in [0, 0.05) is 17.7 Å². The third-order valence-corrected chi connectivity index (χ3v) is 3.61. The molecule has 0 unspecified atom stereocenters. The Kier molecular flexibility index (Phi) is 5.37. The van der Waals surface area contributed by atoms with Crippen LogP contribution >= 0.6 is 11.6 Å². The van der Waals surface area contributed by atoms with E-state index in [1.165, 1.54) is 11.1 Å². The highest BCUT2D eigenvalue weighted by molar-refractivity contribution is 6.31. The number of nitrogens with zero attached hydrogens (tertiary/aromatic N) is 1. The summed E-state index contributed by atoms with van der Waals surface area (Å²) in [6.45, 7) is 4.23. The summed E-state index contributed by atoms with van der Waals surface area (Å²) >= 11 is 6.16. The molecule has 104 valence electrons. The van der Waals surface area contributed by atoms with E-state index in [0.717, 1.165) is 23.4 Å². The summed E-state index contributed by atoms with van der Waals surface area (Å²) in [5, 5.41) is 0.827. The van der Waals surface area contributed by atoms with E-state index in [1.807, 2.05) is 24.4 Å². The Hall–Kier alpha value is -1.60. The van der Waals surface area contributed by atoms with Crippen molar-refractivity contribution in [1.29, 1.82) is 0 Å². The first-order valence-corrected chi connectivity index (χ1v) is 7.33. The van der Waals surface area contributed by atoms with Crippen molar-refractivity contribution in [3.8, 4) is 0 Å². The van der Waals surface area contributed by atoms with Crippen molar-refractivity contribution in [2.75, 3.05) is 0 Å². The lowest BCUT2D eigenvalue weighted by Gasteiger charge is -2.08. The van der Waals surface area contributed by atoms with E-state index in [1.54, 1.807) is 0 Å². The summed E-state index contributed by atoms with van der Waals surface area (Å²) in [6.07, 6.45) is 3.77. The predicted octanol–water partition coefficient (Wildman–Crippen LogP) is 4.89. The minimum Gasteiger partial charge on any atom is -0.294 e. The van der Waals surface area contributed by atoms with Gasteiger partial charge in [-0.15, -0.1) is 0 Å². The van der Waals surface area contributed by atoms with Gasteiger partial charge in [-0.05, 0) is 37.5 Å². The predicted molar refractivity (Wildman–Crippen MR) is 88.0 cm³/mol. The van der Waals surface area contributed by atoms with Crippen LogP contribution in [0.2, 0.25) is 5.02 Å². The highest BCUT2D eigenvalue weighted by Gasteiger charge is 2.04. The molecule has 2 rings (SSSR count). The number of aliphatic imine (C=N–C) groups is 1. The van der Waals surface area contributed by atoms with E-state index in [9.17, 15) is 0 Å². The molecule has 1 atom stereocenters. The van der Waals surface area contributed by atoms with Gasteiger partial charge in [-0.25, -0.2) is 0 Å². The SMILES string of the molecule is Cc1cccc(CC=N[C@H](C)Cc2ccccc2Cl)c1. The zero-order valence-corrected chi connectivity index (χ0v) is 12.8. The van der Waals surface area contributed by atoms with Crippen LogP contribution in [0.3, 0.4) is 0 Å². The molecule has 0 aromatic heterocycles. The van der Waals surface area contributed by atoms with Crippen LogP contribution in [0.25, 0.3) is 0 Å². The summed E-state index contributed by atoms with van der Waals surface area (Å²) in [5.74, 6) is 0. The first kappa shape index (κ1) is 14.8. The van der Waals surface area contributed by atoms with Gasteiger partial charge in [-0.2, -0.15) is 0 Å². The van der Waals surface area contributed by atoms with Crippen LogP contribution in [-0.2, 0) is 12.8 Å². The number of rotatable bonds is 5. The Labute approximate surface area is 126 Å². The molecule has 20 heavy (non-hydrogen) atoms. The van der Waals surface area contributed by atoms with Crippen LogP contribution in [-0.4, -0.2) is 12.3 Å². The zero-order valence-electron chi connectivity index (χ0n) is 12.0. The molecule has 0 saturated carbocycles. The Morgan fingerprint density at radius 2 is 1.95 bits per heavy atom. The maximum absolute atomic E-state index is 6.16. The average molecular weight is 286 g/mol. The van der Waals surface area contributed by atoms with E-state index in [0.29, 0.717) is 0 Å². The number of halogens is 1. The monoisotopic (exact) mass is 285 g/mol. The van der Waals surface area contributed by atoms with Crippen molar-refractivity contribution in [3.63, 3.8) is 0 Å². The first-order chi connectivity index (χ1) is 9.65. The topological polar surface area (TPSA) is 12.4 Å². The van der Waals surface area contributed by atoms with Crippen molar-refractivity contribution in [1.82, 2.24) is 0 Å². The lowest BCUT2D eigenvalue weighted by molar-refractivity contribution is 0.742. The molecule has 2 aromatic rings. The standard InChI is InChI=1S/C18H20ClN/c1-14-6-5-7-16(12-14)10-11-20-15(2)13-17-8-3-4-9-18(17)19/h3-9,11-12,15H,10,13H2,1-2H3/t15-/m1/s1. The van der Waals surface area contributed by atoms with Crippen LogP contribution < -0.4 is 0 Å². The summed E-state index contributed by atoms with van der Waals surface area (Å²) in [6, 6.07) is 16.8. The van der Waals surface area contributed by atoms with E-state index in [2.05, 4.69) is 49.2 Å². The molecule has 1 nitrogen and oxygen atoms in total. The molecule has 0 N–H and O–H groups in total. The van der Waals surface area contributed by atoms with Crippen LogP contribution in [0.15, 0.2) is 53.5 Å². The van der Waals surface area contributed by atoms with Crippen molar-refractivity contribution in [3.05, 3.63) is 70.2 Å². The minimum atomic E-state index is 0.250. The second-order valence-corrected chi connectivity index (χ2v) is 5.58. The second kappa shape index (κ2) is 7.25. The van der Waals surface area contributed by atoms with Crippen LogP contribution in [0.1, 0.15) is 23.6 Å². The molecule has 0 spiro atoms. The molecule has 2 heteroatoms. The lowest BCUT2D eigenvalue weighted by atomic mass is 10.1. The minimum absolute atomic E-state index is 0.250. The number of hydrogen-bond acceptors (Lipinski definition) is 1. The van der Waals surface area contributed by atoms with Crippen LogP contribution in [0.5, 0.6) is 0 Å². The van der Waals surface area contributed by atoms with E-state index in [-0.39, 0.29) is 6.04 Å². The van der Waals surface area contributed by atoms with Crippen molar-refractivity contribution < 1.29 is 0 Å². The molecule has 0 aliphatic heterocycles. The van der Waals surface area contributed by atoms with Gasteiger partial charge in [-0.1, -0.05) is 59.6 Å². The number of benzene rings is 2. The van der Waals surface area contributed by atoms with Crippen molar-refractivity contribution in [2.45, 2.75) is 32.7 Å². The van der Waals surface area contributed by atoms with Gasteiger partial charge < -0.3 is 0 Å². The van der Waals surface area contributed by atoms with E-state index >= 15 is 0 Å². The van der Waals surface area contributed by atoms with Crippen molar-refractivity contribution in [2.24, 2.45) is 4.99 Å². The van der Waals surface area contributed by atoms with Gasteiger partial charge in [0.1, 0.15) is 0 Å². The third kappa shape index (κ3) is 4.50. The van der Waals surface area contributed by atoms with Gasteiger partial charge >= 0.3 is 0 Å². The highest BCUT2D eigenvalue weighted by atomic mass is 35.5. The molecule has 0 bridgehead atoms. The Morgan fingerprint density at radius 3 is 2.70 bits per heavy atom. The molecule has 0 saturated heterocycles. The fraction of sp³-hybridized carbons (Fsp3) is 0.278. The van der Waals surface area contributed by atoms with E-state index in [4.69, 9.17) is 11.6 Å². The maximum atomic E-state index is 6.16. The Morgan fingerprint density at radius 1 is 1.15 bits per heavy atom. The molecule has 0 radical (unpaired) electrons. The lowest BCUT2D eigenvalue weighted by Crippen LogP contribution is -2.04. The van der Waals surface area contributed by atoms with E-state index < -0.39 is 0 Å². The van der Waals surface area contributed by atoms with Gasteiger partial charge in [0.25, 0.3) is 0 Å². The molecule has 0 fully saturated rings. The van der Waals surface area contributed by atoms with Crippen LogP contribution in [0, 0.1) is 6.92 Å². The second-order valence-electron chi connectivity index (χ2n) is 5.17. The summed E-state index contributed by atoms with van der Waals surface area (Å²) in [7, 11) is 0. The molecule has 2 aromatic carbocycles.